The number of anilines is 3. The van der Waals surface area contributed by atoms with E-state index < -0.39 is 27.6 Å². The van der Waals surface area contributed by atoms with E-state index in [9.17, 15) is 17.6 Å². The Kier molecular flexibility index (Phi) is 6.22. The fourth-order valence-corrected chi connectivity index (χ4v) is 3.89. The molecule has 0 bridgehead atoms. The number of aromatic nitrogens is 4. The molecular weight excluding hydrogens is 441 g/mol. The third-order valence-corrected chi connectivity index (χ3v) is 5.61. The van der Waals surface area contributed by atoms with Crippen LogP contribution in [0.1, 0.15) is 13.3 Å². The number of sulfonamides is 1. The van der Waals surface area contributed by atoms with Crippen molar-refractivity contribution in [2.75, 3.05) is 28.2 Å². The van der Waals surface area contributed by atoms with E-state index in [-0.39, 0.29) is 28.2 Å². The first kappa shape index (κ1) is 21.5. The predicted molar refractivity (Wildman–Crippen MR) is 110 cm³/mol. The van der Waals surface area contributed by atoms with E-state index in [1.807, 2.05) is 0 Å². The number of carbonyl (C=O) groups is 1. The Morgan fingerprint density at radius 3 is 2.77 bits per heavy atom. The SMILES string of the molecule is CCCS(=O)(=O)Nc1ccc(Cl)c(NC(=O)Nc2ncnc3[nH]nc(OC)c23)c1F. The lowest BCUT2D eigenvalue weighted by atomic mass is 10.2. The summed E-state index contributed by atoms with van der Waals surface area (Å²) < 4.78 is 45.9. The van der Waals surface area contributed by atoms with Crippen molar-refractivity contribution in [3.63, 3.8) is 0 Å². The van der Waals surface area contributed by atoms with Crippen LogP contribution in [0.25, 0.3) is 11.0 Å². The van der Waals surface area contributed by atoms with E-state index in [0.29, 0.717) is 17.5 Å². The van der Waals surface area contributed by atoms with Gasteiger partial charge >= 0.3 is 6.03 Å². The molecule has 11 nitrogen and oxygen atoms in total. The number of benzene rings is 1. The first-order valence-electron chi connectivity index (χ1n) is 8.55. The van der Waals surface area contributed by atoms with Crippen LogP contribution in [0, 0.1) is 5.82 Å². The maximum absolute atomic E-state index is 14.8. The second kappa shape index (κ2) is 8.67. The van der Waals surface area contributed by atoms with Crippen molar-refractivity contribution in [2.24, 2.45) is 0 Å². The van der Waals surface area contributed by atoms with Crippen molar-refractivity contribution in [3.8, 4) is 5.88 Å². The van der Waals surface area contributed by atoms with E-state index in [4.69, 9.17) is 16.3 Å². The third-order valence-electron chi connectivity index (χ3n) is 3.82. The molecule has 1 aromatic carbocycles. The Labute approximate surface area is 175 Å². The van der Waals surface area contributed by atoms with Crippen LogP contribution in [0.2, 0.25) is 5.02 Å². The molecule has 0 aliphatic heterocycles. The fourth-order valence-electron chi connectivity index (χ4n) is 2.56. The van der Waals surface area contributed by atoms with Crippen LogP contribution in [-0.4, -0.2) is 47.5 Å². The van der Waals surface area contributed by atoms with E-state index in [1.54, 1.807) is 6.92 Å². The molecule has 2 amide bonds. The van der Waals surface area contributed by atoms with Crippen molar-refractivity contribution in [3.05, 3.63) is 29.3 Å². The molecular formula is C16H17ClFN7O4S. The largest absolute Gasteiger partial charge is 0.479 e. The summed E-state index contributed by atoms with van der Waals surface area (Å²) in [6, 6.07) is 1.54. The molecule has 0 saturated heterocycles. The van der Waals surface area contributed by atoms with Gasteiger partial charge in [0.1, 0.15) is 11.7 Å². The number of urea groups is 1. The molecule has 0 fully saturated rings. The topological polar surface area (TPSA) is 151 Å². The Hall–Kier alpha value is -3.19. The van der Waals surface area contributed by atoms with Crippen LogP contribution in [0.3, 0.4) is 0 Å². The average molecular weight is 458 g/mol. The monoisotopic (exact) mass is 457 g/mol. The normalized spacial score (nSPS) is 11.3. The van der Waals surface area contributed by atoms with Crippen LogP contribution in [0.4, 0.5) is 26.4 Å². The summed E-state index contributed by atoms with van der Waals surface area (Å²) in [4.78, 5) is 20.4. The van der Waals surface area contributed by atoms with Crippen molar-refractivity contribution in [2.45, 2.75) is 13.3 Å². The van der Waals surface area contributed by atoms with Gasteiger partial charge < -0.3 is 10.1 Å². The number of H-pyrrole nitrogens is 1. The maximum Gasteiger partial charge on any atom is 0.324 e. The van der Waals surface area contributed by atoms with Gasteiger partial charge in [0.25, 0.3) is 0 Å². The van der Waals surface area contributed by atoms with Gasteiger partial charge in [-0.05, 0) is 18.6 Å². The minimum absolute atomic E-state index is 0.0550. The van der Waals surface area contributed by atoms with Crippen LogP contribution in [0.15, 0.2) is 18.5 Å². The number of nitrogens with one attached hydrogen (secondary N) is 4. The molecule has 4 N–H and O–H groups in total. The number of carbonyl (C=O) groups excluding carboxylic acids is 1. The molecule has 3 rings (SSSR count). The first-order chi connectivity index (χ1) is 14.3. The van der Waals surface area contributed by atoms with Crippen molar-refractivity contribution >= 4 is 55.9 Å². The summed E-state index contributed by atoms with van der Waals surface area (Å²) in [6.45, 7) is 1.67. The molecule has 14 heteroatoms. The smallest absolute Gasteiger partial charge is 0.324 e. The summed E-state index contributed by atoms with van der Waals surface area (Å²) in [6.07, 6.45) is 1.54. The highest BCUT2D eigenvalue weighted by Crippen LogP contribution is 2.32. The summed E-state index contributed by atoms with van der Waals surface area (Å²) >= 11 is 5.99. The van der Waals surface area contributed by atoms with Gasteiger partial charge in [-0.2, -0.15) is 0 Å². The van der Waals surface area contributed by atoms with Crippen LogP contribution >= 0.6 is 11.6 Å². The number of rotatable bonds is 7. The quantitative estimate of drug-likeness (QED) is 0.425. The lowest BCUT2D eigenvalue weighted by Gasteiger charge is -2.14. The van der Waals surface area contributed by atoms with E-state index in [2.05, 4.69) is 35.5 Å². The maximum atomic E-state index is 14.8. The van der Waals surface area contributed by atoms with Gasteiger partial charge in [0.2, 0.25) is 15.9 Å². The van der Waals surface area contributed by atoms with Crippen molar-refractivity contribution < 1.29 is 22.3 Å². The second-order valence-corrected chi connectivity index (χ2v) is 8.21. The molecule has 0 aliphatic carbocycles. The van der Waals surface area contributed by atoms with Gasteiger partial charge in [-0.3, -0.25) is 15.1 Å². The van der Waals surface area contributed by atoms with Gasteiger partial charge in [0, 0.05) is 0 Å². The molecule has 0 saturated carbocycles. The molecule has 160 valence electrons. The Balaban J connectivity index is 1.85. The van der Waals surface area contributed by atoms with Crippen LogP contribution < -0.4 is 20.1 Å². The summed E-state index contributed by atoms with van der Waals surface area (Å²) in [5.41, 5.74) is -0.437. The Morgan fingerprint density at radius 1 is 1.30 bits per heavy atom. The molecule has 3 aromatic rings. The molecule has 0 aliphatic rings. The first-order valence-corrected chi connectivity index (χ1v) is 10.6. The number of aromatic amines is 1. The zero-order valence-electron chi connectivity index (χ0n) is 15.8. The molecule has 0 unspecified atom stereocenters. The fraction of sp³-hybridized carbons (Fsp3) is 0.250. The second-order valence-electron chi connectivity index (χ2n) is 5.96. The predicted octanol–water partition coefficient (Wildman–Crippen LogP) is 2.95. The average Bonchev–Trinajstić information content (AvgIpc) is 3.11. The molecule has 2 aromatic heterocycles. The molecule has 0 atom stereocenters. The lowest BCUT2D eigenvalue weighted by Crippen LogP contribution is -2.22. The number of hydrogen-bond acceptors (Lipinski definition) is 7. The minimum Gasteiger partial charge on any atom is -0.479 e. The highest BCUT2D eigenvalue weighted by atomic mass is 35.5. The van der Waals surface area contributed by atoms with Crippen molar-refractivity contribution in [1.82, 2.24) is 20.2 Å². The lowest BCUT2D eigenvalue weighted by molar-refractivity contribution is 0.262. The van der Waals surface area contributed by atoms with Gasteiger partial charge in [-0.15, -0.1) is 5.10 Å². The standard InChI is InChI=1S/C16H17ClFN7O4S/c1-3-6-30(27,28)25-9-5-4-8(17)12(11(9)18)21-16(26)22-13-10-14(20-7-19-13)23-24-15(10)29-2/h4-5,7,25H,3,6H2,1-2H3,(H3,19,20,21,22,23,24,26). The zero-order valence-corrected chi connectivity index (χ0v) is 17.4. The summed E-state index contributed by atoms with van der Waals surface area (Å²) in [5.74, 6) is -1.02. The Bertz CT molecular complexity index is 1200. The van der Waals surface area contributed by atoms with Gasteiger partial charge in [0.05, 0.1) is 29.3 Å². The molecule has 0 spiro atoms. The van der Waals surface area contributed by atoms with Crippen molar-refractivity contribution in [1.29, 1.82) is 0 Å². The van der Waals surface area contributed by atoms with Gasteiger partial charge in [-0.1, -0.05) is 18.5 Å². The minimum atomic E-state index is -3.74. The number of nitrogens with zero attached hydrogens (tertiary/aromatic N) is 3. The molecule has 2 heterocycles. The summed E-state index contributed by atoms with van der Waals surface area (Å²) in [7, 11) is -2.36. The number of fused-ring (bicyclic) bond motifs is 1. The number of methoxy groups -OCH3 is 1. The number of halogens is 2. The molecule has 0 radical (unpaired) electrons. The van der Waals surface area contributed by atoms with E-state index >= 15 is 0 Å². The zero-order chi connectivity index (χ0) is 21.9. The number of amides is 2. The summed E-state index contributed by atoms with van der Waals surface area (Å²) in [5, 5.41) is 11.4. The third kappa shape index (κ3) is 4.52. The number of hydrogen-bond donors (Lipinski definition) is 4. The highest BCUT2D eigenvalue weighted by molar-refractivity contribution is 7.92. The highest BCUT2D eigenvalue weighted by Gasteiger charge is 2.20. The van der Waals surface area contributed by atoms with Gasteiger partial charge in [0.15, 0.2) is 17.3 Å². The van der Waals surface area contributed by atoms with Crippen LogP contribution in [-0.2, 0) is 10.0 Å². The molecule has 30 heavy (non-hydrogen) atoms. The van der Waals surface area contributed by atoms with Crippen LogP contribution in [0.5, 0.6) is 5.88 Å². The van der Waals surface area contributed by atoms with Gasteiger partial charge in [-0.25, -0.2) is 27.6 Å². The number of ether oxygens (including phenoxy) is 1. The van der Waals surface area contributed by atoms with E-state index in [1.165, 1.54) is 19.5 Å². The Morgan fingerprint density at radius 2 is 2.07 bits per heavy atom. The van der Waals surface area contributed by atoms with E-state index in [0.717, 1.165) is 6.07 Å².